The van der Waals surface area contributed by atoms with E-state index in [0.717, 1.165) is 11.0 Å². The Bertz CT molecular complexity index is 911. The minimum Gasteiger partial charge on any atom is -0.376 e. The van der Waals surface area contributed by atoms with Gasteiger partial charge in [0.1, 0.15) is 5.75 Å². The first-order valence-electron chi connectivity index (χ1n) is 7.08. The predicted molar refractivity (Wildman–Crippen MR) is 93.8 cm³/mol. The van der Waals surface area contributed by atoms with Crippen molar-refractivity contribution in [2.75, 3.05) is 6.54 Å². The summed E-state index contributed by atoms with van der Waals surface area (Å²) in [5.41, 5.74) is -4.36. The average Bonchev–Trinajstić information content (AvgIpc) is 2.47. The molecule has 0 aliphatic rings. The molecule has 0 spiro atoms. The van der Waals surface area contributed by atoms with E-state index in [9.17, 15) is 21.6 Å². The van der Waals surface area contributed by atoms with Gasteiger partial charge in [0.05, 0.1) is 0 Å². The van der Waals surface area contributed by atoms with E-state index in [0.29, 0.717) is 22.0 Å². The van der Waals surface area contributed by atoms with Gasteiger partial charge in [0.25, 0.3) is 0 Å². The third-order valence-corrected chi connectivity index (χ3v) is 4.72. The van der Waals surface area contributed by atoms with E-state index in [1.807, 2.05) is 0 Å². The molecule has 0 bridgehead atoms. The van der Waals surface area contributed by atoms with Crippen molar-refractivity contribution in [3.8, 4) is 5.75 Å². The van der Waals surface area contributed by atoms with Crippen molar-refractivity contribution >= 4 is 36.8 Å². The Morgan fingerprint density at radius 2 is 1.92 bits per heavy atom. The van der Waals surface area contributed by atoms with E-state index in [1.165, 1.54) is 12.1 Å². The lowest BCUT2D eigenvalue weighted by molar-refractivity contribution is -0.0500. The van der Waals surface area contributed by atoms with Crippen LogP contribution in [0.3, 0.4) is 0 Å². The summed E-state index contributed by atoms with van der Waals surface area (Å²) in [6.45, 7) is 6.06. The number of fused-ring (bicyclic) bond motifs is 1. The maximum atomic E-state index is 12.6. The zero-order valence-electron chi connectivity index (χ0n) is 13.2. The van der Waals surface area contributed by atoms with Crippen molar-refractivity contribution in [3.05, 3.63) is 52.5 Å². The maximum absolute atomic E-state index is 12.6. The Kier molecular flexibility index (Phi) is 5.80. The second-order valence-electron chi connectivity index (χ2n) is 5.45. The van der Waals surface area contributed by atoms with Crippen molar-refractivity contribution in [1.29, 1.82) is 0 Å². The summed E-state index contributed by atoms with van der Waals surface area (Å²) in [5, 5.41) is 4.33. The molecule has 0 fully saturated rings. The van der Waals surface area contributed by atoms with E-state index in [2.05, 4.69) is 32.0 Å². The number of rotatable bonds is 6. The van der Waals surface area contributed by atoms with Gasteiger partial charge in [-0.25, -0.2) is 0 Å². The maximum Gasteiger partial charge on any atom is 0.534 e. The summed E-state index contributed by atoms with van der Waals surface area (Å²) in [4.78, 5) is 0. The summed E-state index contributed by atoms with van der Waals surface area (Å²) in [6.07, 6.45) is 0. The highest BCUT2D eigenvalue weighted by atomic mass is 79.9. The molecule has 0 aromatic heterocycles. The molecule has 1 N–H and O–H groups in total. The fourth-order valence-corrected chi connectivity index (χ4v) is 3.01. The molecule has 2 rings (SSSR count). The summed E-state index contributed by atoms with van der Waals surface area (Å²) in [6, 6.07) is 7.97. The van der Waals surface area contributed by atoms with Crippen LogP contribution in [0, 0.1) is 0 Å². The minimum absolute atomic E-state index is 0.114. The first kappa shape index (κ1) is 19.7. The smallest absolute Gasteiger partial charge is 0.376 e. The molecule has 0 aliphatic carbocycles. The summed E-state index contributed by atoms with van der Waals surface area (Å²) in [5.74, 6) is -0.364. The van der Waals surface area contributed by atoms with Crippen LogP contribution < -0.4 is 9.50 Å². The Morgan fingerprint density at radius 1 is 1.28 bits per heavy atom. The second kappa shape index (κ2) is 7.35. The lowest BCUT2D eigenvalue weighted by Gasteiger charge is -2.16. The normalized spacial score (nSPS) is 12.4. The van der Waals surface area contributed by atoms with Crippen LogP contribution >= 0.6 is 15.9 Å². The van der Waals surface area contributed by atoms with Gasteiger partial charge in [0.2, 0.25) is 0 Å². The monoisotopic (exact) mass is 437 g/mol. The molecule has 2 aromatic carbocycles. The number of nitrogens with one attached hydrogen (secondary N) is 1. The van der Waals surface area contributed by atoms with Crippen molar-refractivity contribution in [3.63, 3.8) is 0 Å². The van der Waals surface area contributed by atoms with Crippen molar-refractivity contribution in [1.82, 2.24) is 5.32 Å². The Balaban J connectivity index is 2.53. The number of hydrogen-bond acceptors (Lipinski definition) is 4. The fourth-order valence-electron chi connectivity index (χ4n) is 2.16. The molecule has 0 radical (unpaired) electrons. The van der Waals surface area contributed by atoms with Crippen LogP contribution in [0.15, 0.2) is 47.0 Å². The van der Waals surface area contributed by atoms with Crippen LogP contribution in [0.5, 0.6) is 5.75 Å². The molecule has 2 aromatic rings. The van der Waals surface area contributed by atoms with Gasteiger partial charge in [0, 0.05) is 23.1 Å². The molecule has 0 atom stereocenters. The van der Waals surface area contributed by atoms with E-state index in [1.54, 1.807) is 25.1 Å². The molecule has 0 saturated carbocycles. The first-order chi connectivity index (χ1) is 11.5. The van der Waals surface area contributed by atoms with E-state index >= 15 is 0 Å². The number of alkyl halides is 3. The van der Waals surface area contributed by atoms with Gasteiger partial charge in [-0.2, -0.15) is 21.6 Å². The van der Waals surface area contributed by atoms with E-state index in [-0.39, 0.29) is 12.3 Å². The standard InChI is InChI=1S/C16H15BrF3NO3S/c1-10(2)8-21-9-14-13-7-12(17)5-3-11(13)4-6-15(14)24-25(22,23)16(18,19)20/h3-7,21H,1,8-9H2,2H3. The van der Waals surface area contributed by atoms with Gasteiger partial charge in [-0.15, -0.1) is 0 Å². The van der Waals surface area contributed by atoms with Gasteiger partial charge in [-0.1, -0.05) is 40.2 Å². The Hall–Kier alpha value is -1.58. The van der Waals surface area contributed by atoms with Gasteiger partial charge in [-0.3, -0.25) is 0 Å². The topological polar surface area (TPSA) is 55.4 Å². The Labute approximate surface area is 151 Å². The van der Waals surface area contributed by atoms with Crippen LogP contribution in [0.25, 0.3) is 10.8 Å². The molecule has 25 heavy (non-hydrogen) atoms. The minimum atomic E-state index is -5.75. The molecule has 0 unspecified atom stereocenters. The van der Waals surface area contributed by atoms with Crippen LogP contribution in [0.2, 0.25) is 0 Å². The molecule has 9 heteroatoms. The highest BCUT2D eigenvalue weighted by Crippen LogP contribution is 2.34. The van der Waals surface area contributed by atoms with Crippen molar-refractivity contribution < 1.29 is 25.8 Å². The third-order valence-electron chi connectivity index (χ3n) is 3.26. The molecular weight excluding hydrogens is 423 g/mol. The van der Waals surface area contributed by atoms with Gasteiger partial charge >= 0.3 is 15.6 Å². The second-order valence-corrected chi connectivity index (χ2v) is 7.91. The molecule has 136 valence electrons. The zero-order chi connectivity index (χ0) is 18.8. The van der Waals surface area contributed by atoms with Crippen molar-refractivity contribution in [2.45, 2.75) is 19.0 Å². The van der Waals surface area contributed by atoms with Crippen LogP contribution in [-0.2, 0) is 16.7 Å². The summed E-state index contributed by atoms with van der Waals surface area (Å²) >= 11 is 3.30. The van der Waals surface area contributed by atoms with Gasteiger partial charge in [0.15, 0.2) is 0 Å². The number of halogens is 4. The number of benzene rings is 2. The van der Waals surface area contributed by atoms with E-state index in [4.69, 9.17) is 0 Å². The summed E-state index contributed by atoms with van der Waals surface area (Å²) in [7, 11) is -5.75. The van der Waals surface area contributed by atoms with Crippen LogP contribution in [0.4, 0.5) is 13.2 Å². The highest BCUT2D eigenvalue weighted by Gasteiger charge is 2.48. The average molecular weight is 438 g/mol. The van der Waals surface area contributed by atoms with Crippen molar-refractivity contribution in [2.24, 2.45) is 0 Å². The molecule has 4 nitrogen and oxygen atoms in total. The quantitative estimate of drug-likeness (QED) is 0.410. The zero-order valence-corrected chi connectivity index (χ0v) is 15.6. The largest absolute Gasteiger partial charge is 0.534 e. The lowest BCUT2D eigenvalue weighted by Crippen LogP contribution is -2.28. The first-order valence-corrected chi connectivity index (χ1v) is 9.28. The molecular formula is C16H15BrF3NO3S. The van der Waals surface area contributed by atoms with E-state index < -0.39 is 15.6 Å². The summed E-state index contributed by atoms with van der Waals surface area (Å²) < 4.78 is 65.7. The molecule has 0 amide bonds. The highest BCUT2D eigenvalue weighted by molar-refractivity contribution is 9.10. The molecule has 0 heterocycles. The van der Waals surface area contributed by atoms with Crippen LogP contribution in [-0.4, -0.2) is 20.5 Å². The Morgan fingerprint density at radius 3 is 2.52 bits per heavy atom. The third kappa shape index (κ3) is 4.74. The van der Waals surface area contributed by atoms with Crippen LogP contribution in [0.1, 0.15) is 12.5 Å². The van der Waals surface area contributed by atoms with Gasteiger partial charge in [-0.05, 0) is 35.9 Å². The number of hydrogen-bond donors (Lipinski definition) is 1. The molecule has 0 saturated heterocycles. The lowest BCUT2D eigenvalue weighted by atomic mass is 10.0. The van der Waals surface area contributed by atoms with Gasteiger partial charge < -0.3 is 9.50 Å². The molecule has 0 aliphatic heterocycles. The SMILES string of the molecule is C=C(C)CNCc1c(OS(=O)(=O)C(F)(F)F)ccc2ccc(Br)cc12. The predicted octanol–water partition coefficient (Wildman–Crippen LogP) is 4.50. The fraction of sp³-hybridized carbons (Fsp3) is 0.250.